The number of ether oxygens (including phenoxy) is 2. The molecular weight excluding hydrogens is 464 g/mol. The van der Waals surface area contributed by atoms with E-state index in [2.05, 4.69) is 48.2 Å². The highest BCUT2D eigenvalue weighted by atomic mass is 16.5. The van der Waals surface area contributed by atoms with Gasteiger partial charge in [0.25, 0.3) is 5.91 Å². The van der Waals surface area contributed by atoms with Crippen LogP contribution in [-0.2, 0) is 11.2 Å². The average molecular weight is 509 g/mol. The number of likely N-dealkylation sites (tertiary alicyclic amines) is 1. The van der Waals surface area contributed by atoms with Crippen LogP contribution in [0.4, 0.5) is 0 Å². The highest BCUT2D eigenvalue weighted by molar-refractivity contribution is 5.93. The molecule has 2 fully saturated rings. The number of piperidine rings is 1. The maximum Gasteiger partial charge on any atom is 0.274 e. The number of amides is 1. The topological polar surface area (TPSA) is 67.8 Å². The average Bonchev–Trinajstić information content (AvgIpc) is 2.92. The lowest BCUT2D eigenvalue weighted by atomic mass is 9.93. The molecule has 1 aromatic carbocycles. The van der Waals surface area contributed by atoms with Crippen molar-refractivity contribution in [1.29, 1.82) is 0 Å². The van der Waals surface area contributed by atoms with Gasteiger partial charge in [0, 0.05) is 38.2 Å². The molecule has 202 valence electrons. The van der Waals surface area contributed by atoms with E-state index in [-0.39, 0.29) is 12.0 Å². The predicted molar refractivity (Wildman–Crippen MR) is 147 cm³/mol. The normalized spacial score (nSPS) is 20.8. The Morgan fingerprint density at radius 1 is 1.08 bits per heavy atom. The number of aryl methyl sites for hydroxylation is 1. The fraction of sp³-hybridized carbons (Fsp3) is 0.633. The summed E-state index contributed by atoms with van der Waals surface area (Å²) in [7, 11) is 5.90. The summed E-state index contributed by atoms with van der Waals surface area (Å²) in [5.41, 5.74) is 3.38. The van der Waals surface area contributed by atoms with Crippen molar-refractivity contribution in [2.45, 2.75) is 76.9 Å². The van der Waals surface area contributed by atoms with E-state index < -0.39 is 0 Å². The largest absolute Gasteiger partial charge is 0.490 e. The van der Waals surface area contributed by atoms with Gasteiger partial charge in [0.15, 0.2) is 5.69 Å². The van der Waals surface area contributed by atoms with Crippen LogP contribution in [0, 0.1) is 5.92 Å². The van der Waals surface area contributed by atoms with Crippen molar-refractivity contribution in [3.05, 3.63) is 41.7 Å². The first-order chi connectivity index (χ1) is 18.0. The van der Waals surface area contributed by atoms with Crippen molar-refractivity contribution in [2.75, 3.05) is 40.8 Å². The molecule has 4 rings (SSSR count). The number of hydrogen-bond donors (Lipinski definition) is 0. The van der Waals surface area contributed by atoms with Gasteiger partial charge in [0.2, 0.25) is 0 Å². The van der Waals surface area contributed by atoms with Gasteiger partial charge in [-0.3, -0.25) is 4.79 Å². The summed E-state index contributed by atoms with van der Waals surface area (Å²) in [6, 6.07) is 10.2. The van der Waals surface area contributed by atoms with E-state index in [0.29, 0.717) is 30.8 Å². The standard InChI is InChI=1S/C30H44N4O3/c1-5-6-12-27-26(22-13-15-25(16-14-22)37-24-10-8-7-9-11-24)19-28(32-31-27)30(35)34-18-17-23(20-33(2)3)29(21-34)36-4/h13-16,19,23-24,29H,5-12,17-18,20-21H2,1-4H3/t23-,29-/m0/s1. The van der Waals surface area contributed by atoms with Crippen molar-refractivity contribution in [2.24, 2.45) is 5.92 Å². The summed E-state index contributed by atoms with van der Waals surface area (Å²) in [6.07, 6.45) is 10.3. The zero-order valence-corrected chi connectivity index (χ0v) is 23.1. The minimum absolute atomic E-state index is 0.0214. The molecule has 37 heavy (non-hydrogen) atoms. The fourth-order valence-electron chi connectivity index (χ4n) is 5.65. The maximum atomic E-state index is 13.5. The molecule has 2 atom stereocenters. The molecule has 0 unspecified atom stereocenters. The Hall–Kier alpha value is -2.51. The summed E-state index contributed by atoms with van der Waals surface area (Å²) in [4.78, 5) is 17.6. The van der Waals surface area contributed by atoms with Crippen molar-refractivity contribution in [3.63, 3.8) is 0 Å². The molecule has 7 nitrogen and oxygen atoms in total. The zero-order valence-electron chi connectivity index (χ0n) is 23.1. The quantitative estimate of drug-likeness (QED) is 0.437. The number of aromatic nitrogens is 2. The monoisotopic (exact) mass is 508 g/mol. The van der Waals surface area contributed by atoms with Gasteiger partial charge in [-0.1, -0.05) is 31.9 Å². The molecule has 0 radical (unpaired) electrons. The van der Waals surface area contributed by atoms with Crippen LogP contribution in [0.1, 0.15) is 74.5 Å². The Labute approximate surface area is 222 Å². The smallest absolute Gasteiger partial charge is 0.274 e. The minimum atomic E-state index is -0.0709. The summed E-state index contributed by atoms with van der Waals surface area (Å²) < 4.78 is 12.0. The first kappa shape index (κ1) is 27.5. The lowest BCUT2D eigenvalue weighted by Gasteiger charge is -2.38. The summed E-state index contributed by atoms with van der Waals surface area (Å²) in [5, 5.41) is 8.94. The molecule has 1 aliphatic heterocycles. The van der Waals surface area contributed by atoms with Gasteiger partial charge in [-0.2, -0.15) is 5.10 Å². The van der Waals surface area contributed by atoms with Crippen molar-refractivity contribution < 1.29 is 14.3 Å². The molecule has 2 heterocycles. The Kier molecular flexibility index (Phi) is 9.92. The van der Waals surface area contributed by atoms with E-state index >= 15 is 0 Å². The Bertz CT molecular complexity index is 1000. The van der Waals surface area contributed by atoms with Crippen LogP contribution in [0.5, 0.6) is 5.75 Å². The van der Waals surface area contributed by atoms with E-state index in [1.807, 2.05) is 23.1 Å². The summed E-state index contributed by atoms with van der Waals surface area (Å²) >= 11 is 0. The third-order valence-electron chi connectivity index (χ3n) is 7.76. The fourth-order valence-corrected chi connectivity index (χ4v) is 5.65. The Morgan fingerprint density at radius 2 is 1.84 bits per heavy atom. The van der Waals surface area contributed by atoms with E-state index in [1.54, 1.807) is 7.11 Å². The SMILES string of the molecule is CCCCc1nnc(C(=O)N2CC[C@@H](CN(C)C)[C@@H](OC)C2)cc1-c1ccc(OC2CCCCC2)cc1. The van der Waals surface area contributed by atoms with E-state index in [9.17, 15) is 4.79 Å². The molecular formula is C30H44N4O3. The molecule has 2 aromatic rings. The second kappa shape index (κ2) is 13.3. The molecule has 1 saturated heterocycles. The van der Waals surface area contributed by atoms with Crippen LogP contribution in [0.25, 0.3) is 11.1 Å². The van der Waals surface area contributed by atoms with Crippen LogP contribution in [0.3, 0.4) is 0 Å². The molecule has 2 aliphatic rings. The van der Waals surface area contributed by atoms with Crippen LogP contribution >= 0.6 is 0 Å². The number of carbonyl (C=O) groups excluding carboxylic acids is 1. The van der Waals surface area contributed by atoms with E-state index in [1.165, 1.54) is 19.3 Å². The molecule has 0 N–H and O–H groups in total. The van der Waals surface area contributed by atoms with Gasteiger partial charge in [-0.05, 0) is 82.8 Å². The lowest BCUT2D eigenvalue weighted by Crippen LogP contribution is -2.49. The van der Waals surface area contributed by atoms with Gasteiger partial charge in [0.05, 0.1) is 17.9 Å². The number of unbranched alkanes of at least 4 members (excludes halogenated alkanes) is 1. The van der Waals surface area contributed by atoms with Gasteiger partial charge in [-0.25, -0.2) is 0 Å². The van der Waals surface area contributed by atoms with Gasteiger partial charge < -0.3 is 19.3 Å². The van der Waals surface area contributed by atoms with E-state index in [0.717, 1.165) is 67.6 Å². The molecule has 0 bridgehead atoms. The highest BCUT2D eigenvalue weighted by Crippen LogP contribution is 2.29. The van der Waals surface area contributed by atoms with Crippen molar-refractivity contribution in [1.82, 2.24) is 20.0 Å². The van der Waals surface area contributed by atoms with Crippen molar-refractivity contribution >= 4 is 5.91 Å². The Morgan fingerprint density at radius 3 is 2.51 bits per heavy atom. The van der Waals surface area contributed by atoms with Crippen LogP contribution in [-0.4, -0.2) is 79.0 Å². The van der Waals surface area contributed by atoms with Crippen LogP contribution in [0.2, 0.25) is 0 Å². The highest BCUT2D eigenvalue weighted by Gasteiger charge is 2.33. The van der Waals surface area contributed by atoms with Crippen LogP contribution in [0.15, 0.2) is 30.3 Å². The van der Waals surface area contributed by atoms with Gasteiger partial charge in [-0.15, -0.1) is 5.10 Å². The third-order valence-corrected chi connectivity index (χ3v) is 7.76. The zero-order chi connectivity index (χ0) is 26.2. The van der Waals surface area contributed by atoms with Gasteiger partial charge >= 0.3 is 0 Å². The second-order valence-corrected chi connectivity index (χ2v) is 10.9. The molecule has 0 spiro atoms. The molecule has 1 saturated carbocycles. The molecule has 1 amide bonds. The summed E-state index contributed by atoms with van der Waals surface area (Å²) in [6.45, 7) is 4.42. The molecule has 7 heteroatoms. The number of methoxy groups -OCH3 is 1. The van der Waals surface area contributed by atoms with Crippen molar-refractivity contribution in [3.8, 4) is 16.9 Å². The number of benzene rings is 1. The van der Waals surface area contributed by atoms with Gasteiger partial charge in [0.1, 0.15) is 5.75 Å². The third kappa shape index (κ3) is 7.29. The number of carbonyl (C=O) groups is 1. The number of rotatable bonds is 10. The predicted octanol–water partition coefficient (Wildman–Crippen LogP) is 5.24. The molecule has 1 aromatic heterocycles. The van der Waals surface area contributed by atoms with E-state index in [4.69, 9.17) is 9.47 Å². The first-order valence-corrected chi connectivity index (χ1v) is 14.1. The maximum absolute atomic E-state index is 13.5. The number of nitrogens with zero attached hydrogens (tertiary/aromatic N) is 4. The Balaban J connectivity index is 1.52. The van der Waals surface area contributed by atoms with Crippen LogP contribution < -0.4 is 4.74 Å². The minimum Gasteiger partial charge on any atom is -0.490 e. The second-order valence-electron chi connectivity index (χ2n) is 10.9. The number of hydrogen-bond acceptors (Lipinski definition) is 6. The first-order valence-electron chi connectivity index (χ1n) is 14.1. The summed E-state index contributed by atoms with van der Waals surface area (Å²) in [5.74, 6) is 1.25. The molecule has 1 aliphatic carbocycles. The lowest BCUT2D eigenvalue weighted by molar-refractivity contribution is -0.0140.